The molecule has 0 aromatic heterocycles. The van der Waals surface area contributed by atoms with Crippen molar-refractivity contribution in [2.24, 2.45) is 34.4 Å². The van der Waals surface area contributed by atoms with Crippen molar-refractivity contribution in [2.45, 2.75) is 386 Å². The van der Waals surface area contributed by atoms with E-state index in [0.717, 1.165) is 60.8 Å². The van der Waals surface area contributed by atoms with Crippen LogP contribution in [0.2, 0.25) is 0 Å². The summed E-state index contributed by atoms with van der Waals surface area (Å²) in [5, 5.41) is 17.0. The highest BCUT2D eigenvalue weighted by Crippen LogP contribution is 2.44. The van der Waals surface area contributed by atoms with Crippen LogP contribution >= 0.6 is 0 Å². The van der Waals surface area contributed by atoms with E-state index in [2.05, 4.69) is 31.9 Å². The molecule has 0 saturated carbocycles. The first kappa shape index (κ1) is 126. The molecule has 6 aliphatic rings. The van der Waals surface area contributed by atoms with Crippen LogP contribution in [0.4, 0.5) is 0 Å². The van der Waals surface area contributed by atoms with Crippen LogP contribution in [0.25, 0.3) is 22.3 Å². The largest absolute Gasteiger partial charge is 0.482 e. The SMILES string of the molecule is CC1(C)OB([C@@H](CC(N)=O)NC(=O)CCCc2ccccc2)OC1(C)C.CC1(C)OB([C@@H](CC(N)=O)NC(=O)c2ccc(-c3ccccc3)cc2)OC1(C)C.CC1(C)OB([C@H](CC(N)=O)NC(=O)CCCc2ccccc2)OC1(C)C.CC1(C)OB([C@H](CC(N)=O)NC(=O)c2ccc(-c3ccccc3)cc2)OC1(C)C.CCCC(=O)N[C@@H](CC(N)=O)B1OC(C)(C)C(C)(C)O1.CCCC(=O)N[C@H](CC(N)=O)B1OC(C)(C)C(C)(C)O1. The minimum Gasteiger partial charge on any atom is -0.402 e. The summed E-state index contributed by atoms with van der Waals surface area (Å²) >= 11 is 0. The Morgan fingerprint density at radius 2 is 0.387 bits per heavy atom. The zero-order valence-electron chi connectivity index (χ0n) is 92.7. The number of nitrogens with two attached hydrogens (primary N) is 6. The maximum atomic E-state index is 12.8. The smallest absolute Gasteiger partial charge is 0.402 e. The maximum absolute atomic E-state index is 12.8. The number of amides is 12. The molecule has 6 heterocycles. The van der Waals surface area contributed by atoms with E-state index in [9.17, 15) is 57.5 Å². The number of hydrogen-bond acceptors (Lipinski definition) is 24. The predicted octanol–water partition coefficient (Wildman–Crippen LogP) is 11.5. The Hall–Kier alpha value is -11.1. The molecule has 0 bridgehead atoms. The van der Waals surface area contributed by atoms with E-state index in [0.29, 0.717) is 36.8 Å². The Bertz CT molecular complexity index is 5050. The van der Waals surface area contributed by atoms with Gasteiger partial charge in [0.25, 0.3) is 11.8 Å². The first-order valence-corrected chi connectivity index (χ1v) is 51.6. The Morgan fingerprint density at radius 1 is 0.227 bits per heavy atom. The zero-order chi connectivity index (χ0) is 112. The van der Waals surface area contributed by atoms with Gasteiger partial charge in [0, 0.05) is 75.3 Å². The fraction of sp³-hybridized carbons (Fsp3) is 0.556. The Morgan fingerprint density at radius 3 is 0.560 bits per heavy atom. The molecule has 18 N–H and O–H groups in total. The molecule has 0 spiro atoms. The maximum Gasteiger partial charge on any atom is 0.482 e. The lowest BCUT2D eigenvalue weighted by molar-refractivity contribution is -0.123. The third-order valence-corrected chi connectivity index (χ3v) is 29.0. The number of nitrogens with one attached hydrogen (secondary N) is 6. The van der Waals surface area contributed by atoms with E-state index in [-0.39, 0.29) is 74.0 Å². The average molecular weight is 2080 g/mol. The summed E-state index contributed by atoms with van der Waals surface area (Å²) < 4.78 is 71.3. The minimum atomic E-state index is -0.764. The topological polar surface area (TPSA) is 544 Å². The first-order chi connectivity index (χ1) is 69.6. The summed E-state index contributed by atoms with van der Waals surface area (Å²) in [5.41, 5.74) is 33.0. The van der Waals surface area contributed by atoms with E-state index in [1.54, 1.807) is 24.3 Å². The minimum absolute atomic E-state index is 0.00766. The van der Waals surface area contributed by atoms with Gasteiger partial charge in [-0.1, -0.05) is 159 Å². The van der Waals surface area contributed by atoms with Gasteiger partial charge in [-0.3, -0.25) is 57.5 Å². The third-order valence-electron chi connectivity index (χ3n) is 29.0. The Kier molecular flexibility index (Phi) is 45.2. The van der Waals surface area contributed by atoms with Crippen LogP contribution in [-0.2, 0) is 117 Å². The van der Waals surface area contributed by atoms with Crippen LogP contribution in [0.15, 0.2) is 170 Å². The number of carbonyl (C=O) groups excluding carboxylic acids is 12. The molecule has 42 heteroatoms. The standard InChI is InChI=1S/2C22H27BN2O4.2C19H29BN2O4.2C13H25BN2O4/c2*1-21(2)22(3,4)29-23(28-21)18(14-19(24)26)25-20(27)17-12-10-16(11-13-17)15-8-6-5-7-9-15;2*1-18(2)19(3,4)26-20(25-18)15(13-16(21)23)22-17(24)12-8-11-14-9-6-5-7-10-14;2*1-6-7-11(18)16-9(8-10(15)17)14-19-12(2,3)13(4,5)20-14/h2*5-13,18H,14H2,1-4H3,(H2,24,26)(H,25,27);2*5-7,9-10,15H,8,11-13H2,1-4H3,(H2,21,23)(H,22,24);2*9H,6-8H2,1-5H3,(H2,15,17)(H,16,18)/t2*18-;2*15-;2*9-/m101010/s1. The number of benzene rings is 6. The van der Waals surface area contributed by atoms with E-state index in [1.807, 2.05) is 326 Å². The molecule has 6 aromatic carbocycles. The quantitative estimate of drug-likeness (QED) is 0.0159. The molecule has 12 rings (SSSR count). The fourth-order valence-electron chi connectivity index (χ4n) is 16.1. The van der Waals surface area contributed by atoms with Crippen LogP contribution < -0.4 is 66.3 Å². The summed E-state index contributed by atoms with van der Waals surface area (Å²) in [7, 11) is -4.28. The number of carbonyl (C=O) groups is 12. The van der Waals surface area contributed by atoms with E-state index in [4.69, 9.17) is 90.3 Å². The van der Waals surface area contributed by atoms with Crippen molar-refractivity contribution in [3.63, 3.8) is 0 Å². The molecular weight excluding hydrogens is 1910 g/mol. The molecule has 0 radical (unpaired) electrons. The van der Waals surface area contributed by atoms with E-state index in [1.165, 1.54) is 11.1 Å². The van der Waals surface area contributed by atoms with Gasteiger partial charge in [-0.2, -0.15) is 0 Å². The van der Waals surface area contributed by atoms with Gasteiger partial charge < -0.3 is 122 Å². The molecule has 816 valence electrons. The van der Waals surface area contributed by atoms with Gasteiger partial charge in [-0.05, 0) is 262 Å². The molecule has 6 aliphatic heterocycles. The average Bonchev–Trinajstić information content (AvgIpc) is 1.66. The second-order valence-electron chi connectivity index (χ2n) is 44.7. The van der Waals surface area contributed by atoms with E-state index >= 15 is 0 Å². The Labute approximate surface area is 888 Å². The summed E-state index contributed by atoms with van der Waals surface area (Å²) in [6.45, 7) is 49.9. The van der Waals surface area contributed by atoms with Crippen molar-refractivity contribution in [2.75, 3.05) is 0 Å². The molecular formula is C108H162B6N12O24. The lowest BCUT2D eigenvalue weighted by atomic mass is 9.76. The number of rotatable bonds is 40. The van der Waals surface area contributed by atoms with Crippen LogP contribution in [0.3, 0.4) is 0 Å². The molecule has 150 heavy (non-hydrogen) atoms. The van der Waals surface area contributed by atoms with Crippen LogP contribution in [-0.4, -0.2) is 216 Å². The molecule has 6 fully saturated rings. The van der Waals surface area contributed by atoms with Gasteiger partial charge in [0.05, 0.1) is 103 Å². The molecule has 36 nitrogen and oxygen atoms in total. The number of aryl methyl sites for hydroxylation is 2. The lowest BCUT2D eigenvalue weighted by Crippen LogP contribution is -2.50. The number of hydrogen-bond donors (Lipinski definition) is 12. The second kappa shape index (κ2) is 53.9. The van der Waals surface area contributed by atoms with Crippen LogP contribution in [0, 0.1) is 0 Å². The zero-order valence-corrected chi connectivity index (χ0v) is 92.7. The second-order valence-corrected chi connectivity index (χ2v) is 44.7. The molecule has 12 amide bonds. The molecule has 6 saturated heterocycles. The van der Waals surface area contributed by atoms with Crippen molar-refractivity contribution in [1.82, 2.24) is 31.9 Å². The lowest BCUT2D eigenvalue weighted by Gasteiger charge is -2.32. The predicted molar refractivity (Wildman–Crippen MR) is 582 cm³/mol. The highest BCUT2D eigenvalue weighted by Gasteiger charge is 2.61. The monoisotopic (exact) mass is 2080 g/mol. The summed E-state index contributed by atoms with van der Waals surface area (Å²) in [6, 6.07) is 54.4. The van der Waals surface area contributed by atoms with Gasteiger partial charge in [-0.25, -0.2) is 0 Å². The highest BCUT2D eigenvalue weighted by atomic mass is 16.7. The van der Waals surface area contributed by atoms with Crippen molar-refractivity contribution in [1.29, 1.82) is 0 Å². The Balaban J connectivity index is 0.000000245. The van der Waals surface area contributed by atoms with Gasteiger partial charge in [-0.15, -0.1) is 0 Å². The molecule has 0 unspecified atom stereocenters. The van der Waals surface area contributed by atoms with Crippen molar-refractivity contribution in [3.8, 4) is 22.3 Å². The van der Waals surface area contributed by atoms with Crippen molar-refractivity contribution in [3.05, 3.63) is 192 Å². The summed E-state index contributed by atoms with van der Waals surface area (Å²) in [5.74, 6) is -7.94. The fourth-order valence-corrected chi connectivity index (χ4v) is 16.1. The summed E-state index contributed by atoms with van der Waals surface area (Å²) in [4.78, 5) is 142. The van der Waals surface area contributed by atoms with Gasteiger partial charge in [0.2, 0.25) is 59.1 Å². The summed E-state index contributed by atoms with van der Waals surface area (Å²) in [6.07, 6.45) is 5.87. The third kappa shape index (κ3) is 37.1. The molecule has 0 aliphatic carbocycles. The normalized spacial score (nSPS) is 19.5. The van der Waals surface area contributed by atoms with Gasteiger partial charge in [0.15, 0.2) is 0 Å². The molecule has 6 aromatic rings. The highest BCUT2D eigenvalue weighted by molar-refractivity contribution is 6.51. The van der Waals surface area contributed by atoms with Gasteiger partial charge in [0.1, 0.15) is 0 Å². The van der Waals surface area contributed by atoms with Crippen LogP contribution in [0.1, 0.15) is 302 Å². The van der Waals surface area contributed by atoms with Gasteiger partial charge >= 0.3 is 42.7 Å². The van der Waals surface area contributed by atoms with Crippen molar-refractivity contribution < 1.29 is 113 Å². The van der Waals surface area contributed by atoms with Crippen molar-refractivity contribution >= 4 is 114 Å². The van der Waals surface area contributed by atoms with Crippen LogP contribution in [0.5, 0.6) is 0 Å². The number of primary amides is 6. The first-order valence-electron chi connectivity index (χ1n) is 51.6. The van der Waals surface area contributed by atoms with E-state index < -0.39 is 181 Å². The molecule has 6 atom stereocenters.